The smallest absolute Gasteiger partial charge is 0.246 e. The minimum atomic E-state index is -0.601. The van der Waals surface area contributed by atoms with Crippen molar-refractivity contribution in [2.45, 2.75) is 44.3 Å². The number of amides is 2. The quantitative estimate of drug-likeness (QED) is 0.338. The predicted molar refractivity (Wildman–Crippen MR) is 146 cm³/mol. The highest BCUT2D eigenvalue weighted by atomic mass is 16.2. The number of nitrogens with two attached hydrogens (primary N) is 1. The van der Waals surface area contributed by atoms with Crippen molar-refractivity contribution in [2.24, 2.45) is 5.73 Å². The Kier molecular flexibility index (Phi) is 7.57. The van der Waals surface area contributed by atoms with E-state index >= 15 is 0 Å². The second-order valence-corrected chi connectivity index (χ2v) is 9.63. The summed E-state index contributed by atoms with van der Waals surface area (Å²) in [4.78, 5) is 33.3. The molecule has 37 heavy (non-hydrogen) atoms. The maximum absolute atomic E-state index is 13.7. The Labute approximate surface area is 217 Å². The number of nitrogens with one attached hydrogen (secondary N) is 1. The molecule has 4 aromatic rings. The largest absolute Gasteiger partial charge is 0.342 e. The van der Waals surface area contributed by atoms with Crippen LogP contribution >= 0.6 is 0 Å². The molecule has 6 nitrogen and oxygen atoms in total. The molecule has 6 heteroatoms. The first-order valence-electron chi connectivity index (χ1n) is 12.9. The van der Waals surface area contributed by atoms with Crippen LogP contribution in [0.2, 0.25) is 0 Å². The molecule has 0 bridgehead atoms. The number of hydrogen-bond donors (Lipinski definition) is 2. The summed E-state index contributed by atoms with van der Waals surface area (Å²) in [5.41, 5.74) is 9.52. The van der Waals surface area contributed by atoms with Crippen LogP contribution < -0.4 is 11.1 Å². The molecule has 0 aliphatic carbocycles. The Hall–Kier alpha value is -4.03. The first-order valence-corrected chi connectivity index (χ1v) is 12.9. The molecule has 0 radical (unpaired) electrons. The predicted octanol–water partition coefficient (Wildman–Crippen LogP) is 4.47. The zero-order valence-corrected chi connectivity index (χ0v) is 20.8. The molecule has 3 aromatic carbocycles. The highest BCUT2D eigenvalue weighted by Gasteiger charge is 2.40. The molecule has 1 aliphatic heterocycles. The summed E-state index contributed by atoms with van der Waals surface area (Å²) >= 11 is 0. The lowest BCUT2D eigenvalue weighted by atomic mass is 9.96. The van der Waals surface area contributed by atoms with E-state index < -0.39 is 12.1 Å². The van der Waals surface area contributed by atoms with E-state index in [4.69, 9.17) is 5.73 Å². The van der Waals surface area contributed by atoms with Crippen LogP contribution in [0.3, 0.4) is 0 Å². The van der Waals surface area contributed by atoms with E-state index in [0.717, 1.165) is 46.0 Å². The topological polar surface area (TPSA) is 88.3 Å². The SMILES string of the molecule is NCCCCC1C(=O)NC(Cc2ccc3ccccc3c2)C(=O)N1Cc1ccc(-c2ccccc2)nc1. The van der Waals surface area contributed by atoms with Gasteiger partial charge in [0.1, 0.15) is 12.1 Å². The molecule has 2 heterocycles. The first-order chi connectivity index (χ1) is 18.1. The molecule has 2 unspecified atom stereocenters. The number of nitrogens with zero attached hydrogens (tertiary/aromatic N) is 2. The number of unbranched alkanes of at least 4 members (excludes halogenated alkanes) is 1. The van der Waals surface area contributed by atoms with Gasteiger partial charge in [-0.2, -0.15) is 0 Å². The maximum atomic E-state index is 13.7. The number of carbonyl (C=O) groups is 2. The van der Waals surface area contributed by atoms with Crippen molar-refractivity contribution < 1.29 is 9.59 Å². The fourth-order valence-electron chi connectivity index (χ4n) is 5.02. The molecule has 0 spiro atoms. The van der Waals surface area contributed by atoms with Crippen molar-refractivity contribution in [3.8, 4) is 11.3 Å². The summed E-state index contributed by atoms with van der Waals surface area (Å²) in [6, 6.07) is 27.2. The second-order valence-electron chi connectivity index (χ2n) is 9.63. The van der Waals surface area contributed by atoms with Crippen molar-refractivity contribution in [2.75, 3.05) is 6.54 Å². The van der Waals surface area contributed by atoms with Crippen molar-refractivity contribution in [1.82, 2.24) is 15.2 Å². The third-order valence-corrected chi connectivity index (χ3v) is 7.01. The van der Waals surface area contributed by atoms with Gasteiger partial charge in [-0.15, -0.1) is 0 Å². The van der Waals surface area contributed by atoms with Crippen LogP contribution in [0.25, 0.3) is 22.0 Å². The maximum Gasteiger partial charge on any atom is 0.246 e. The van der Waals surface area contributed by atoms with Crippen LogP contribution in [0, 0.1) is 0 Å². The highest BCUT2D eigenvalue weighted by Crippen LogP contribution is 2.23. The molecular formula is C31H32N4O2. The molecule has 2 atom stereocenters. The Morgan fingerprint density at radius 3 is 2.35 bits per heavy atom. The average molecular weight is 493 g/mol. The van der Waals surface area contributed by atoms with Gasteiger partial charge < -0.3 is 16.0 Å². The number of aromatic nitrogens is 1. The number of piperazine rings is 1. The van der Waals surface area contributed by atoms with E-state index in [9.17, 15) is 9.59 Å². The van der Waals surface area contributed by atoms with Crippen LogP contribution in [-0.4, -0.2) is 40.3 Å². The third kappa shape index (κ3) is 5.70. The fourth-order valence-corrected chi connectivity index (χ4v) is 5.02. The van der Waals surface area contributed by atoms with Crippen LogP contribution in [-0.2, 0) is 22.6 Å². The summed E-state index contributed by atoms with van der Waals surface area (Å²) in [6.07, 6.45) is 4.45. The Balaban J connectivity index is 1.36. The molecule has 2 amide bonds. The molecule has 0 saturated carbocycles. The summed E-state index contributed by atoms with van der Waals surface area (Å²) in [7, 11) is 0. The van der Waals surface area contributed by atoms with Crippen LogP contribution in [0.5, 0.6) is 0 Å². The van der Waals surface area contributed by atoms with E-state index in [1.54, 1.807) is 11.1 Å². The van der Waals surface area contributed by atoms with E-state index in [-0.39, 0.29) is 11.8 Å². The van der Waals surface area contributed by atoms with Gasteiger partial charge in [-0.05, 0) is 53.8 Å². The van der Waals surface area contributed by atoms with Crippen molar-refractivity contribution in [1.29, 1.82) is 0 Å². The average Bonchev–Trinajstić information content (AvgIpc) is 2.94. The molecule has 5 rings (SSSR count). The zero-order valence-electron chi connectivity index (χ0n) is 20.8. The van der Waals surface area contributed by atoms with Gasteiger partial charge in [0.05, 0.1) is 5.69 Å². The number of hydrogen-bond acceptors (Lipinski definition) is 4. The lowest BCUT2D eigenvalue weighted by Gasteiger charge is -2.39. The molecule has 1 fully saturated rings. The van der Waals surface area contributed by atoms with Gasteiger partial charge in [-0.1, -0.05) is 78.9 Å². The third-order valence-electron chi connectivity index (χ3n) is 7.01. The molecule has 1 saturated heterocycles. The zero-order chi connectivity index (χ0) is 25.6. The van der Waals surface area contributed by atoms with Gasteiger partial charge in [-0.25, -0.2) is 0 Å². The molecule has 3 N–H and O–H groups in total. The lowest BCUT2D eigenvalue weighted by molar-refractivity contribution is -0.150. The lowest BCUT2D eigenvalue weighted by Crippen LogP contribution is -2.63. The van der Waals surface area contributed by atoms with Crippen molar-refractivity contribution in [3.05, 3.63) is 102 Å². The van der Waals surface area contributed by atoms with Gasteiger partial charge in [0.15, 0.2) is 0 Å². The van der Waals surface area contributed by atoms with Crippen molar-refractivity contribution in [3.63, 3.8) is 0 Å². The number of pyridine rings is 1. The van der Waals surface area contributed by atoms with E-state index in [1.807, 2.05) is 60.7 Å². The van der Waals surface area contributed by atoms with E-state index in [1.165, 1.54) is 0 Å². The Bertz CT molecular complexity index is 1370. The standard InChI is InChI=1S/C31H32N4O2/c32-17-7-6-12-29-30(36)34-28(19-22-13-15-24-8-4-5-11-26(24)18-22)31(37)35(29)21-23-14-16-27(33-20-23)25-9-2-1-3-10-25/h1-5,8-11,13-16,18,20,28-29H,6-7,12,17,19,21,32H2,(H,34,36). The summed E-state index contributed by atoms with van der Waals surface area (Å²) in [5.74, 6) is -0.158. The fraction of sp³-hybridized carbons (Fsp3) is 0.258. The van der Waals surface area contributed by atoms with Crippen LogP contribution in [0.15, 0.2) is 91.1 Å². The first kappa shape index (κ1) is 24.7. The number of rotatable bonds is 9. The normalized spacial score (nSPS) is 17.7. The number of carbonyl (C=O) groups excluding carboxylic acids is 2. The molecule has 188 valence electrons. The summed E-state index contributed by atoms with van der Waals surface area (Å²) < 4.78 is 0. The van der Waals surface area contributed by atoms with Crippen molar-refractivity contribution >= 4 is 22.6 Å². The Morgan fingerprint density at radius 1 is 0.838 bits per heavy atom. The summed E-state index contributed by atoms with van der Waals surface area (Å²) in [5, 5.41) is 5.28. The minimum Gasteiger partial charge on any atom is -0.342 e. The van der Waals surface area contributed by atoms with Gasteiger partial charge in [-0.3, -0.25) is 14.6 Å². The van der Waals surface area contributed by atoms with E-state index in [0.29, 0.717) is 25.9 Å². The Morgan fingerprint density at radius 2 is 1.59 bits per heavy atom. The van der Waals surface area contributed by atoms with Gasteiger partial charge in [0.25, 0.3) is 0 Å². The van der Waals surface area contributed by atoms with E-state index in [2.05, 4.69) is 34.6 Å². The minimum absolute atomic E-state index is 0.0577. The second kappa shape index (κ2) is 11.4. The van der Waals surface area contributed by atoms with Gasteiger partial charge >= 0.3 is 0 Å². The van der Waals surface area contributed by atoms with Crippen LogP contribution in [0.1, 0.15) is 30.4 Å². The van der Waals surface area contributed by atoms with Gasteiger partial charge in [0, 0.05) is 24.7 Å². The van der Waals surface area contributed by atoms with Gasteiger partial charge in [0.2, 0.25) is 11.8 Å². The highest BCUT2D eigenvalue weighted by molar-refractivity contribution is 5.97. The van der Waals surface area contributed by atoms with Crippen LogP contribution in [0.4, 0.5) is 0 Å². The molecule has 1 aliphatic rings. The number of fused-ring (bicyclic) bond motifs is 1. The molecule has 1 aromatic heterocycles. The summed E-state index contributed by atoms with van der Waals surface area (Å²) in [6.45, 7) is 0.910. The monoisotopic (exact) mass is 492 g/mol. The molecular weight excluding hydrogens is 460 g/mol. The number of benzene rings is 3.